The molecule has 7 heteroatoms. The molecule has 2 N–H and O–H groups in total. The molecule has 1 heterocycles. The van der Waals surface area contributed by atoms with Crippen LogP contribution in [0.5, 0.6) is 5.75 Å². The number of ether oxygens (including phenoxy) is 1. The maximum Gasteiger partial charge on any atom is 0.325 e. The highest BCUT2D eigenvalue weighted by molar-refractivity contribution is 5.93. The minimum atomic E-state index is -1.00. The highest BCUT2D eigenvalue weighted by atomic mass is 16.5. The van der Waals surface area contributed by atoms with Gasteiger partial charge in [-0.2, -0.15) is 5.10 Å². The first-order valence-corrected chi connectivity index (χ1v) is 7.68. The van der Waals surface area contributed by atoms with Crippen molar-refractivity contribution >= 4 is 17.7 Å². The van der Waals surface area contributed by atoms with E-state index in [9.17, 15) is 9.59 Å². The van der Waals surface area contributed by atoms with Crippen molar-refractivity contribution in [3.05, 3.63) is 42.1 Å². The number of hydrogen-bond donors (Lipinski definition) is 2. The van der Waals surface area contributed by atoms with E-state index in [1.165, 1.54) is 16.9 Å². The molecular formula is C17H21N3O4. The number of aliphatic carboxylic acids is 1. The van der Waals surface area contributed by atoms with Crippen LogP contribution in [-0.4, -0.2) is 32.9 Å². The van der Waals surface area contributed by atoms with E-state index in [1.807, 2.05) is 18.2 Å². The Bertz CT molecular complexity index is 724. The molecule has 1 aromatic heterocycles. The van der Waals surface area contributed by atoms with Crippen LogP contribution in [0.2, 0.25) is 0 Å². The largest absolute Gasteiger partial charge is 0.481 e. The van der Waals surface area contributed by atoms with Crippen molar-refractivity contribution in [2.45, 2.75) is 39.3 Å². The average molecular weight is 331 g/mol. The van der Waals surface area contributed by atoms with Crippen LogP contribution < -0.4 is 10.1 Å². The SMILES string of the molecule is CC(Oc1cccc(C(C)C)c1)C(=O)Nc1ccn(CC(=O)O)n1. The topological polar surface area (TPSA) is 93.5 Å². The standard InChI is InChI=1S/C17H21N3O4/c1-11(2)13-5-4-6-14(9-13)24-12(3)17(23)18-15-7-8-20(19-15)10-16(21)22/h4-9,11-12H,10H2,1-3H3,(H,21,22)(H,18,19,23). The van der Waals surface area contributed by atoms with Gasteiger partial charge in [0.2, 0.25) is 0 Å². The fourth-order valence-electron chi connectivity index (χ4n) is 2.09. The van der Waals surface area contributed by atoms with E-state index in [1.54, 1.807) is 13.0 Å². The molecule has 0 aliphatic carbocycles. The number of carbonyl (C=O) groups is 2. The zero-order valence-corrected chi connectivity index (χ0v) is 13.9. The molecule has 2 rings (SSSR count). The van der Waals surface area contributed by atoms with Gasteiger partial charge in [-0.05, 0) is 30.5 Å². The van der Waals surface area contributed by atoms with E-state index >= 15 is 0 Å². The third kappa shape index (κ3) is 4.84. The second-order valence-corrected chi connectivity index (χ2v) is 5.77. The van der Waals surface area contributed by atoms with Crippen molar-refractivity contribution in [2.24, 2.45) is 0 Å². The van der Waals surface area contributed by atoms with Gasteiger partial charge in [0.05, 0.1) is 0 Å². The molecule has 1 atom stereocenters. The first-order chi connectivity index (χ1) is 11.3. The number of benzene rings is 1. The van der Waals surface area contributed by atoms with E-state index in [4.69, 9.17) is 9.84 Å². The zero-order chi connectivity index (χ0) is 17.7. The summed E-state index contributed by atoms with van der Waals surface area (Å²) in [4.78, 5) is 22.8. The summed E-state index contributed by atoms with van der Waals surface area (Å²) in [5.41, 5.74) is 1.13. The highest BCUT2D eigenvalue weighted by Gasteiger charge is 2.16. The molecular weight excluding hydrogens is 310 g/mol. The zero-order valence-electron chi connectivity index (χ0n) is 13.9. The Hall–Kier alpha value is -2.83. The summed E-state index contributed by atoms with van der Waals surface area (Å²) in [6.07, 6.45) is 0.776. The summed E-state index contributed by atoms with van der Waals surface area (Å²) in [6.45, 7) is 5.56. The number of aromatic nitrogens is 2. The lowest BCUT2D eigenvalue weighted by atomic mass is 10.0. The molecule has 0 spiro atoms. The number of nitrogens with one attached hydrogen (secondary N) is 1. The summed E-state index contributed by atoms with van der Waals surface area (Å²) in [7, 11) is 0. The Morgan fingerprint density at radius 1 is 1.29 bits per heavy atom. The quantitative estimate of drug-likeness (QED) is 0.813. The molecule has 7 nitrogen and oxygen atoms in total. The van der Waals surface area contributed by atoms with Crippen molar-refractivity contribution in [3.63, 3.8) is 0 Å². The third-order valence-corrected chi connectivity index (χ3v) is 3.40. The molecule has 1 unspecified atom stereocenters. The van der Waals surface area contributed by atoms with Crippen LogP contribution in [0, 0.1) is 0 Å². The second kappa shape index (κ2) is 7.63. The smallest absolute Gasteiger partial charge is 0.325 e. The van der Waals surface area contributed by atoms with Crippen molar-refractivity contribution in [1.29, 1.82) is 0 Å². The Labute approximate surface area is 140 Å². The highest BCUT2D eigenvalue weighted by Crippen LogP contribution is 2.21. The normalized spacial score (nSPS) is 12.0. The molecule has 1 amide bonds. The van der Waals surface area contributed by atoms with Gasteiger partial charge in [-0.25, -0.2) is 0 Å². The predicted octanol–water partition coefficient (Wildman–Crippen LogP) is 2.50. The van der Waals surface area contributed by atoms with E-state index < -0.39 is 12.1 Å². The van der Waals surface area contributed by atoms with Gasteiger partial charge >= 0.3 is 5.97 Å². The maximum atomic E-state index is 12.2. The second-order valence-electron chi connectivity index (χ2n) is 5.77. The van der Waals surface area contributed by atoms with Gasteiger partial charge in [-0.15, -0.1) is 0 Å². The Balaban J connectivity index is 1.95. The van der Waals surface area contributed by atoms with Crippen LogP contribution in [0.4, 0.5) is 5.82 Å². The Kier molecular flexibility index (Phi) is 5.57. The average Bonchev–Trinajstić information content (AvgIpc) is 2.93. The fourth-order valence-corrected chi connectivity index (χ4v) is 2.09. The van der Waals surface area contributed by atoms with Gasteiger partial charge in [0.25, 0.3) is 5.91 Å². The van der Waals surface area contributed by atoms with Gasteiger partial charge in [0.1, 0.15) is 12.3 Å². The number of hydrogen-bond acceptors (Lipinski definition) is 4. The lowest BCUT2D eigenvalue weighted by Crippen LogP contribution is -2.30. The summed E-state index contributed by atoms with van der Waals surface area (Å²) >= 11 is 0. The number of carboxylic acid groups (broad SMARTS) is 1. The molecule has 0 radical (unpaired) electrons. The monoisotopic (exact) mass is 331 g/mol. The first kappa shape index (κ1) is 17.5. The van der Waals surface area contributed by atoms with Gasteiger partial charge < -0.3 is 15.2 Å². The number of carboxylic acids is 1. The summed E-state index contributed by atoms with van der Waals surface area (Å²) < 4.78 is 6.90. The lowest BCUT2D eigenvalue weighted by Gasteiger charge is -2.15. The van der Waals surface area contributed by atoms with Crippen LogP contribution in [0.25, 0.3) is 0 Å². The molecule has 0 saturated heterocycles. The van der Waals surface area contributed by atoms with Crippen LogP contribution in [0.3, 0.4) is 0 Å². The van der Waals surface area contributed by atoms with Gasteiger partial charge in [0.15, 0.2) is 11.9 Å². The number of rotatable bonds is 7. The van der Waals surface area contributed by atoms with E-state index in [0.29, 0.717) is 11.7 Å². The molecule has 0 aliphatic heterocycles. The Morgan fingerprint density at radius 3 is 2.71 bits per heavy atom. The summed E-state index contributed by atoms with van der Waals surface area (Å²) in [6, 6.07) is 9.15. The van der Waals surface area contributed by atoms with Gasteiger partial charge in [0, 0.05) is 12.3 Å². The summed E-state index contributed by atoms with van der Waals surface area (Å²) in [5.74, 6) is -0.0768. The fraction of sp³-hybridized carbons (Fsp3) is 0.353. The molecule has 2 aromatic rings. The van der Waals surface area contributed by atoms with Crippen LogP contribution in [-0.2, 0) is 16.1 Å². The van der Waals surface area contributed by atoms with E-state index in [0.717, 1.165) is 5.56 Å². The lowest BCUT2D eigenvalue weighted by molar-refractivity contribution is -0.137. The van der Waals surface area contributed by atoms with Crippen molar-refractivity contribution in [1.82, 2.24) is 9.78 Å². The molecule has 128 valence electrons. The van der Waals surface area contributed by atoms with E-state index in [2.05, 4.69) is 24.3 Å². The molecule has 0 bridgehead atoms. The van der Waals surface area contributed by atoms with Gasteiger partial charge in [-0.1, -0.05) is 26.0 Å². The Morgan fingerprint density at radius 2 is 2.04 bits per heavy atom. The maximum absolute atomic E-state index is 12.2. The number of nitrogens with zero attached hydrogens (tertiary/aromatic N) is 2. The minimum absolute atomic E-state index is 0.260. The molecule has 0 saturated carbocycles. The van der Waals surface area contributed by atoms with Crippen LogP contribution >= 0.6 is 0 Å². The van der Waals surface area contributed by atoms with Crippen molar-refractivity contribution in [3.8, 4) is 5.75 Å². The third-order valence-electron chi connectivity index (χ3n) is 3.40. The molecule has 1 aromatic carbocycles. The molecule has 0 aliphatic rings. The number of carbonyl (C=O) groups excluding carboxylic acids is 1. The van der Waals surface area contributed by atoms with Crippen molar-refractivity contribution in [2.75, 3.05) is 5.32 Å². The van der Waals surface area contributed by atoms with E-state index in [-0.39, 0.29) is 18.3 Å². The molecule has 0 fully saturated rings. The summed E-state index contributed by atoms with van der Waals surface area (Å²) in [5, 5.41) is 15.3. The molecule has 24 heavy (non-hydrogen) atoms. The number of amides is 1. The van der Waals surface area contributed by atoms with Gasteiger partial charge in [-0.3, -0.25) is 14.3 Å². The van der Waals surface area contributed by atoms with Crippen LogP contribution in [0.1, 0.15) is 32.3 Å². The van der Waals surface area contributed by atoms with Crippen molar-refractivity contribution < 1.29 is 19.4 Å². The predicted molar refractivity (Wildman–Crippen MR) is 89.1 cm³/mol. The first-order valence-electron chi connectivity index (χ1n) is 7.68. The van der Waals surface area contributed by atoms with Crippen LogP contribution in [0.15, 0.2) is 36.5 Å². The number of anilines is 1. The minimum Gasteiger partial charge on any atom is -0.481 e.